The Morgan fingerprint density at radius 2 is 1.36 bits per heavy atom. The van der Waals surface area contributed by atoms with E-state index < -0.39 is 0 Å². The average molecular weight is 343 g/mol. The third kappa shape index (κ3) is 3.86. The maximum atomic E-state index is 6.03. The molecule has 1 atom stereocenters. The van der Waals surface area contributed by atoms with Crippen LogP contribution in [0.5, 0.6) is 0 Å². The van der Waals surface area contributed by atoms with Crippen molar-refractivity contribution in [1.82, 2.24) is 0 Å². The predicted octanol–water partition coefficient (Wildman–Crippen LogP) is 7.50. The Bertz CT molecular complexity index is 381. The molecule has 0 aromatic heterocycles. The van der Waals surface area contributed by atoms with Crippen LogP contribution in [0.15, 0.2) is 10.1 Å². The lowest BCUT2D eigenvalue weighted by molar-refractivity contribution is 0.119. The fourth-order valence-electron chi connectivity index (χ4n) is 5.59. The van der Waals surface area contributed by atoms with Gasteiger partial charge >= 0.3 is 0 Å². The van der Waals surface area contributed by atoms with Crippen molar-refractivity contribution in [3.63, 3.8) is 0 Å². The topological polar surface area (TPSA) is 0 Å². The molecule has 0 bridgehead atoms. The summed E-state index contributed by atoms with van der Waals surface area (Å²) in [5.41, 5.74) is 1.37. The third-order valence-electron chi connectivity index (χ3n) is 7.06. The van der Waals surface area contributed by atoms with Gasteiger partial charge in [0.1, 0.15) is 4.49 Å². The minimum atomic E-state index is 0.576. The van der Waals surface area contributed by atoms with Crippen LogP contribution in [0.3, 0.4) is 0 Å². The van der Waals surface area contributed by atoms with Gasteiger partial charge in [-0.2, -0.15) is 0 Å². The first-order chi connectivity index (χ1) is 10.7. The molecule has 0 radical (unpaired) electrons. The Morgan fingerprint density at radius 1 is 0.818 bits per heavy atom. The molecule has 3 aliphatic rings. The second kappa shape index (κ2) is 7.93. The Morgan fingerprint density at radius 3 is 1.82 bits per heavy atom. The van der Waals surface area contributed by atoms with Crippen molar-refractivity contribution < 1.29 is 0 Å². The summed E-state index contributed by atoms with van der Waals surface area (Å²) in [4.78, 5) is 0. The molecule has 2 heteroatoms. The molecule has 0 aliphatic heterocycles. The summed E-state index contributed by atoms with van der Waals surface area (Å²) in [5, 5.41) is 0. The van der Waals surface area contributed by atoms with E-state index in [-0.39, 0.29) is 0 Å². The van der Waals surface area contributed by atoms with E-state index in [2.05, 4.69) is 6.92 Å². The van der Waals surface area contributed by atoms with Crippen LogP contribution in [0.2, 0.25) is 0 Å². The van der Waals surface area contributed by atoms with Gasteiger partial charge < -0.3 is 0 Å². The third-order valence-corrected chi connectivity index (χ3v) is 7.54. The lowest BCUT2D eigenvalue weighted by Gasteiger charge is -2.43. The summed E-state index contributed by atoms with van der Waals surface area (Å²) in [6.45, 7) is 2.34. The van der Waals surface area contributed by atoms with E-state index in [1.807, 2.05) is 0 Å². The number of hydrogen-bond acceptors (Lipinski definition) is 0. The fraction of sp³-hybridized carbons (Fsp3) is 0.900. The summed E-state index contributed by atoms with van der Waals surface area (Å²) in [6, 6.07) is 0. The summed E-state index contributed by atoms with van der Waals surface area (Å²) in [5.74, 6) is 4.72. The molecule has 0 spiro atoms. The van der Waals surface area contributed by atoms with Crippen LogP contribution in [0, 0.1) is 29.6 Å². The maximum absolute atomic E-state index is 6.03. The number of hydrogen-bond donors (Lipinski definition) is 0. The van der Waals surface area contributed by atoms with Gasteiger partial charge in [-0.15, -0.1) is 0 Å². The van der Waals surface area contributed by atoms with Gasteiger partial charge in [0.25, 0.3) is 0 Å². The van der Waals surface area contributed by atoms with Crippen molar-refractivity contribution in [2.75, 3.05) is 0 Å². The zero-order valence-electron chi connectivity index (χ0n) is 14.1. The number of halogens is 2. The molecular weight excluding hydrogens is 311 g/mol. The molecule has 0 saturated heterocycles. The van der Waals surface area contributed by atoms with Crippen LogP contribution in [0.4, 0.5) is 0 Å². The largest absolute Gasteiger partial charge is 0.106 e. The highest BCUT2D eigenvalue weighted by Crippen LogP contribution is 2.50. The summed E-state index contributed by atoms with van der Waals surface area (Å²) in [7, 11) is 0. The highest BCUT2D eigenvalue weighted by molar-refractivity contribution is 6.56. The summed E-state index contributed by atoms with van der Waals surface area (Å²) >= 11 is 12.1. The summed E-state index contributed by atoms with van der Waals surface area (Å²) in [6.07, 6.45) is 17.2. The fourth-order valence-corrected chi connectivity index (χ4v) is 6.05. The summed E-state index contributed by atoms with van der Waals surface area (Å²) < 4.78 is 0.576. The molecule has 0 nitrogen and oxygen atoms in total. The van der Waals surface area contributed by atoms with Crippen molar-refractivity contribution in [2.45, 2.75) is 84.0 Å². The molecule has 3 saturated carbocycles. The van der Waals surface area contributed by atoms with Gasteiger partial charge in [-0.25, -0.2) is 0 Å². The van der Waals surface area contributed by atoms with Gasteiger partial charge in [-0.05, 0) is 86.5 Å². The van der Waals surface area contributed by atoms with Crippen LogP contribution in [-0.2, 0) is 0 Å². The molecule has 3 rings (SSSR count). The first kappa shape index (κ1) is 17.2. The number of allylic oxidation sites excluding steroid dienone is 1. The highest BCUT2D eigenvalue weighted by Gasteiger charge is 2.37. The molecule has 0 amide bonds. The Kier molecular flexibility index (Phi) is 6.18. The standard InChI is InChI=1S/C20H32Cl2/c1-2-3-14-4-6-15(7-5-14)16-8-10-17(11-9-16)18-12-13-19(18)20(21)22/h14-18H,2-13H2,1H3. The van der Waals surface area contributed by atoms with Crippen molar-refractivity contribution in [1.29, 1.82) is 0 Å². The second-order valence-electron chi connectivity index (χ2n) is 8.18. The minimum absolute atomic E-state index is 0.576. The van der Waals surface area contributed by atoms with Crippen LogP contribution < -0.4 is 0 Å². The molecule has 22 heavy (non-hydrogen) atoms. The predicted molar refractivity (Wildman–Crippen MR) is 97.3 cm³/mol. The van der Waals surface area contributed by atoms with Crippen molar-refractivity contribution in [2.24, 2.45) is 29.6 Å². The smallest absolute Gasteiger partial charge is 0.0709 e. The minimum Gasteiger partial charge on any atom is -0.0709 e. The number of rotatable bonds is 4. The maximum Gasteiger partial charge on any atom is 0.106 e. The molecule has 126 valence electrons. The van der Waals surface area contributed by atoms with Crippen molar-refractivity contribution in [3.05, 3.63) is 10.1 Å². The van der Waals surface area contributed by atoms with Crippen LogP contribution in [0.25, 0.3) is 0 Å². The van der Waals surface area contributed by atoms with Gasteiger partial charge in [0.05, 0.1) is 0 Å². The monoisotopic (exact) mass is 342 g/mol. The SMILES string of the molecule is CCCC1CCC(C2CCC(C3CCC3=C(Cl)Cl)CC2)CC1. The van der Waals surface area contributed by atoms with Gasteiger partial charge in [0.2, 0.25) is 0 Å². The molecule has 0 aromatic rings. The van der Waals surface area contributed by atoms with Crippen LogP contribution in [-0.4, -0.2) is 0 Å². The van der Waals surface area contributed by atoms with E-state index in [4.69, 9.17) is 23.2 Å². The highest BCUT2D eigenvalue weighted by atomic mass is 35.5. The lowest BCUT2D eigenvalue weighted by Crippen LogP contribution is -2.31. The second-order valence-corrected chi connectivity index (χ2v) is 9.12. The van der Waals surface area contributed by atoms with E-state index in [1.54, 1.807) is 0 Å². The van der Waals surface area contributed by atoms with E-state index in [0.717, 1.165) is 36.0 Å². The first-order valence-electron chi connectivity index (χ1n) is 9.73. The molecular formula is C20H32Cl2. The lowest BCUT2D eigenvalue weighted by atomic mass is 9.63. The zero-order valence-corrected chi connectivity index (χ0v) is 15.6. The van der Waals surface area contributed by atoms with E-state index in [1.165, 1.54) is 76.2 Å². The van der Waals surface area contributed by atoms with E-state index >= 15 is 0 Å². The van der Waals surface area contributed by atoms with Gasteiger partial charge in [-0.3, -0.25) is 0 Å². The Labute approximate surface area is 147 Å². The molecule has 0 N–H and O–H groups in total. The van der Waals surface area contributed by atoms with Crippen molar-refractivity contribution in [3.8, 4) is 0 Å². The Hall–Kier alpha value is 0.320. The molecule has 0 aromatic carbocycles. The molecule has 3 aliphatic carbocycles. The molecule has 0 heterocycles. The van der Waals surface area contributed by atoms with Crippen LogP contribution >= 0.6 is 23.2 Å². The average Bonchev–Trinajstić information content (AvgIpc) is 2.47. The van der Waals surface area contributed by atoms with E-state index in [0.29, 0.717) is 4.49 Å². The quantitative estimate of drug-likeness (QED) is 0.496. The molecule has 1 unspecified atom stereocenters. The normalized spacial score (nSPS) is 39.4. The van der Waals surface area contributed by atoms with Gasteiger partial charge in [0, 0.05) is 0 Å². The Balaban J connectivity index is 1.44. The van der Waals surface area contributed by atoms with Crippen molar-refractivity contribution >= 4 is 23.2 Å². The first-order valence-corrected chi connectivity index (χ1v) is 10.5. The van der Waals surface area contributed by atoms with Crippen LogP contribution in [0.1, 0.15) is 84.0 Å². The molecule has 3 fully saturated rings. The zero-order chi connectivity index (χ0) is 15.5. The van der Waals surface area contributed by atoms with Gasteiger partial charge in [0.15, 0.2) is 0 Å². The van der Waals surface area contributed by atoms with E-state index in [9.17, 15) is 0 Å². The van der Waals surface area contributed by atoms with Gasteiger partial charge in [-0.1, -0.05) is 55.8 Å².